The van der Waals surface area contributed by atoms with Crippen LogP contribution in [0.4, 0.5) is 17.6 Å². The molecule has 176 valence electrons. The van der Waals surface area contributed by atoms with Gasteiger partial charge in [0.05, 0.1) is 19.4 Å². The highest BCUT2D eigenvalue weighted by molar-refractivity contribution is 5.38. The van der Waals surface area contributed by atoms with Gasteiger partial charge in [-0.2, -0.15) is 23.3 Å². The normalized spacial score (nSPS) is 15.1. The second-order valence-corrected chi connectivity index (χ2v) is 7.66. The van der Waals surface area contributed by atoms with Crippen molar-refractivity contribution in [1.82, 2.24) is 19.3 Å². The van der Waals surface area contributed by atoms with E-state index in [0.717, 1.165) is 10.1 Å². The van der Waals surface area contributed by atoms with E-state index in [1.165, 1.54) is 18.3 Å². The van der Waals surface area contributed by atoms with Gasteiger partial charge in [-0.3, -0.25) is 14.0 Å². The van der Waals surface area contributed by atoms with E-state index in [4.69, 9.17) is 9.47 Å². The summed E-state index contributed by atoms with van der Waals surface area (Å²) in [4.78, 5) is 17.0. The number of hydrogen-bond acceptors (Lipinski definition) is 5. The summed E-state index contributed by atoms with van der Waals surface area (Å²) in [5.74, 6) is -2.80. The van der Waals surface area contributed by atoms with Crippen molar-refractivity contribution in [3.8, 4) is 11.7 Å². The zero-order valence-electron chi connectivity index (χ0n) is 17.8. The Kier molecular flexibility index (Phi) is 6.50. The number of pyridine rings is 2. The lowest BCUT2D eigenvalue weighted by Crippen LogP contribution is -2.28. The summed E-state index contributed by atoms with van der Waals surface area (Å²) in [6, 6.07) is 3.52. The van der Waals surface area contributed by atoms with Crippen LogP contribution in [0.3, 0.4) is 0 Å². The van der Waals surface area contributed by atoms with Crippen LogP contribution in [0.25, 0.3) is 5.82 Å². The third-order valence-corrected chi connectivity index (χ3v) is 5.34. The summed E-state index contributed by atoms with van der Waals surface area (Å²) in [5.41, 5.74) is -1.22. The average molecular weight is 466 g/mol. The summed E-state index contributed by atoms with van der Waals surface area (Å²) in [6.45, 7) is 3.37. The maximum atomic E-state index is 15.0. The minimum Gasteiger partial charge on any atom is -0.474 e. The number of nitrogens with zero attached hydrogens (tertiary/aromatic N) is 4. The van der Waals surface area contributed by atoms with Gasteiger partial charge in [-0.05, 0) is 18.6 Å². The smallest absolute Gasteiger partial charge is 0.419 e. The van der Waals surface area contributed by atoms with Crippen molar-refractivity contribution in [2.45, 2.75) is 45.0 Å². The maximum absolute atomic E-state index is 15.0. The lowest BCUT2D eigenvalue weighted by atomic mass is 10.1. The van der Waals surface area contributed by atoms with Crippen molar-refractivity contribution in [3.05, 3.63) is 69.7 Å². The molecule has 0 saturated carbocycles. The van der Waals surface area contributed by atoms with Crippen LogP contribution in [0.2, 0.25) is 0 Å². The van der Waals surface area contributed by atoms with Crippen LogP contribution in [0.5, 0.6) is 5.88 Å². The Morgan fingerprint density at radius 1 is 1.27 bits per heavy atom. The van der Waals surface area contributed by atoms with Gasteiger partial charge >= 0.3 is 6.18 Å². The predicted molar refractivity (Wildman–Crippen MR) is 110 cm³/mol. The Bertz CT molecular complexity index is 1180. The predicted octanol–water partition coefficient (Wildman–Crippen LogP) is 3.76. The van der Waals surface area contributed by atoms with Crippen LogP contribution in [0.15, 0.2) is 41.6 Å². The molecule has 11 heteroatoms. The molecule has 1 aliphatic rings. The van der Waals surface area contributed by atoms with E-state index in [9.17, 15) is 22.4 Å². The summed E-state index contributed by atoms with van der Waals surface area (Å²) >= 11 is 0. The molecule has 0 unspecified atom stereocenters. The highest BCUT2D eigenvalue weighted by Crippen LogP contribution is 2.35. The molecular weight excluding hydrogens is 444 g/mol. The zero-order valence-corrected chi connectivity index (χ0v) is 17.8. The van der Waals surface area contributed by atoms with Gasteiger partial charge in [0.25, 0.3) is 5.56 Å². The van der Waals surface area contributed by atoms with Gasteiger partial charge in [-0.1, -0.05) is 6.07 Å². The second-order valence-electron chi connectivity index (χ2n) is 7.66. The minimum atomic E-state index is -4.99. The van der Waals surface area contributed by atoms with Gasteiger partial charge in [0.1, 0.15) is 11.7 Å². The SMILES string of the molecule is CCn1cc(Cc2cccn(-c3nc(OC4CCOCC4)cc(C(F)(F)F)c3F)c2=O)cn1. The largest absolute Gasteiger partial charge is 0.474 e. The van der Waals surface area contributed by atoms with E-state index in [1.807, 2.05) is 6.92 Å². The number of halogens is 4. The van der Waals surface area contributed by atoms with Crippen LogP contribution in [-0.2, 0) is 23.9 Å². The van der Waals surface area contributed by atoms with E-state index in [2.05, 4.69) is 10.1 Å². The fourth-order valence-corrected chi connectivity index (χ4v) is 3.61. The molecule has 0 radical (unpaired) electrons. The second kappa shape index (κ2) is 9.34. The van der Waals surface area contributed by atoms with Crippen LogP contribution < -0.4 is 10.3 Å². The van der Waals surface area contributed by atoms with Crippen molar-refractivity contribution in [1.29, 1.82) is 0 Å². The molecule has 0 N–H and O–H groups in total. The standard InChI is InChI=1S/C22H22F4N4O3/c1-2-29-13-14(12-27-29)10-15-4-3-7-30(21(15)31)20-19(23)17(22(24,25)26)11-18(28-20)33-16-5-8-32-9-6-16/h3-4,7,11-13,16H,2,5-6,8-10H2,1H3. The lowest BCUT2D eigenvalue weighted by Gasteiger charge is -2.23. The molecular formula is C22H22F4N4O3. The number of aryl methyl sites for hydroxylation is 1. The molecule has 4 heterocycles. The van der Waals surface area contributed by atoms with Gasteiger partial charge in [-0.15, -0.1) is 0 Å². The Morgan fingerprint density at radius 2 is 2.03 bits per heavy atom. The van der Waals surface area contributed by atoms with Crippen molar-refractivity contribution in [2.24, 2.45) is 0 Å². The first kappa shape index (κ1) is 23.0. The third kappa shape index (κ3) is 5.08. The summed E-state index contributed by atoms with van der Waals surface area (Å²) in [7, 11) is 0. The summed E-state index contributed by atoms with van der Waals surface area (Å²) < 4.78 is 69.0. The topological polar surface area (TPSA) is 71.2 Å². The number of alkyl halides is 3. The molecule has 0 spiro atoms. The Labute approximate surface area is 186 Å². The van der Waals surface area contributed by atoms with Gasteiger partial charge < -0.3 is 9.47 Å². The fraction of sp³-hybridized carbons (Fsp3) is 0.409. The van der Waals surface area contributed by atoms with Crippen LogP contribution in [0.1, 0.15) is 36.5 Å². The van der Waals surface area contributed by atoms with Crippen LogP contribution in [-0.4, -0.2) is 38.6 Å². The van der Waals surface area contributed by atoms with E-state index >= 15 is 0 Å². The van der Waals surface area contributed by atoms with Crippen LogP contribution >= 0.6 is 0 Å². The number of ether oxygens (including phenoxy) is 2. The summed E-state index contributed by atoms with van der Waals surface area (Å²) in [5, 5.41) is 4.15. The molecule has 0 bridgehead atoms. The molecule has 0 atom stereocenters. The van der Waals surface area contributed by atoms with Crippen LogP contribution in [0, 0.1) is 5.82 Å². The van der Waals surface area contributed by atoms with E-state index < -0.39 is 40.9 Å². The first-order valence-corrected chi connectivity index (χ1v) is 10.5. The van der Waals surface area contributed by atoms with Crippen molar-refractivity contribution in [3.63, 3.8) is 0 Å². The first-order chi connectivity index (χ1) is 15.8. The van der Waals surface area contributed by atoms with Gasteiger partial charge in [0.15, 0.2) is 11.6 Å². The highest BCUT2D eigenvalue weighted by atomic mass is 19.4. The molecule has 33 heavy (non-hydrogen) atoms. The molecule has 3 aromatic rings. The minimum absolute atomic E-state index is 0.186. The van der Waals surface area contributed by atoms with E-state index in [-0.39, 0.29) is 12.0 Å². The number of rotatable bonds is 6. The monoisotopic (exact) mass is 466 g/mol. The zero-order chi connectivity index (χ0) is 23.6. The van der Waals surface area contributed by atoms with Crippen molar-refractivity contribution >= 4 is 0 Å². The molecule has 0 aliphatic carbocycles. The van der Waals surface area contributed by atoms with Gasteiger partial charge in [-0.25, -0.2) is 4.39 Å². The Hall–Kier alpha value is -3.21. The quantitative estimate of drug-likeness (QED) is 0.518. The number of hydrogen-bond donors (Lipinski definition) is 0. The Balaban J connectivity index is 1.75. The van der Waals surface area contributed by atoms with E-state index in [0.29, 0.717) is 38.7 Å². The van der Waals surface area contributed by atoms with Crippen molar-refractivity contribution < 1.29 is 27.0 Å². The van der Waals surface area contributed by atoms with E-state index in [1.54, 1.807) is 17.1 Å². The maximum Gasteiger partial charge on any atom is 0.419 e. The fourth-order valence-electron chi connectivity index (χ4n) is 3.61. The average Bonchev–Trinajstić information content (AvgIpc) is 3.24. The third-order valence-electron chi connectivity index (χ3n) is 5.34. The molecule has 1 aliphatic heterocycles. The molecule has 0 aromatic carbocycles. The Morgan fingerprint density at radius 3 is 2.70 bits per heavy atom. The van der Waals surface area contributed by atoms with Crippen molar-refractivity contribution in [2.75, 3.05) is 13.2 Å². The molecule has 1 saturated heterocycles. The van der Waals surface area contributed by atoms with Gasteiger partial charge in [0.2, 0.25) is 5.88 Å². The molecule has 0 amide bonds. The first-order valence-electron chi connectivity index (χ1n) is 10.5. The highest BCUT2D eigenvalue weighted by Gasteiger charge is 2.37. The molecule has 4 rings (SSSR count). The molecule has 7 nitrogen and oxygen atoms in total. The lowest BCUT2D eigenvalue weighted by molar-refractivity contribution is -0.140. The summed E-state index contributed by atoms with van der Waals surface area (Å²) in [6.07, 6.45) is 0.266. The molecule has 1 fully saturated rings. The van der Waals surface area contributed by atoms with Gasteiger partial charge in [0, 0.05) is 49.8 Å². The molecule has 3 aromatic heterocycles. The number of aromatic nitrogens is 4.